The molecule has 0 spiro atoms. The van der Waals surface area contributed by atoms with E-state index < -0.39 is 13.6 Å². The predicted molar refractivity (Wildman–Crippen MR) is 84.6 cm³/mol. The second-order valence-electron chi connectivity index (χ2n) is 4.98. The number of hydrogen-bond donors (Lipinski definition) is 0. The molecule has 0 aliphatic heterocycles. The molecule has 0 N–H and O–H groups in total. The summed E-state index contributed by atoms with van der Waals surface area (Å²) < 4.78 is 28.4. The Morgan fingerprint density at radius 1 is 1.00 bits per heavy atom. The van der Waals surface area contributed by atoms with Crippen LogP contribution in [0, 0.1) is 0 Å². The first-order chi connectivity index (χ1) is 9.95. The number of esters is 1. The van der Waals surface area contributed by atoms with E-state index >= 15 is 0 Å². The van der Waals surface area contributed by atoms with Crippen molar-refractivity contribution >= 4 is 13.6 Å². The highest BCUT2D eigenvalue weighted by molar-refractivity contribution is 7.53. The minimum atomic E-state index is -3.08. The van der Waals surface area contributed by atoms with Crippen molar-refractivity contribution in [3.63, 3.8) is 0 Å². The topological polar surface area (TPSA) is 61.8 Å². The fraction of sp³-hybridized carbons (Fsp3) is 0.800. The van der Waals surface area contributed by atoms with Crippen molar-refractivity contribution in [3.8, 4) is 0 Å². The molecule has 0 aromatic carbocycles. The molecular weight excluding hydrogens is 291 g/mol. The third-order valence-electron chi connectivity index (χ3n) is 2.73. The lowest BCUT2D eigenvalue weighted by Gasteiger charge is -2.18. The molecule has 0 saturated heterocycles. The first-order valence-corrected chi connectivity index (χ1v) is 9.38. The summed E-state index contributed by atoms with van der Waals surface area (Å²) in [7, 11) is -3.08. The molecule has 0 aromatic heterocycles. The predicted octanol–water partition coefficient (Wildman–Crippen LogP) is 4.32. The molecule has 0 radical (unpaired) electrons. The van der Waals surface area contributed by atoms with Crippen molar-refractivity contribution < 1.29 is 23.1 Å². The van der Waals surface area contributed by atoms with Gasteiger partial charge in [-0.1, -0.05) is 33.3 Å². The summed E-state index contributed by atoms with van der Waals surface area (Å²) in [6.45, 7) is 10.3. The molecule has 5 nitrogen and oxygen atoms in total. The summed E-state index contributed by atoms with van der Waals surface area (Å²) in [6.07, 6.45) is 4.38. The fourth-order valence-corrected chi connectivity index (χ4v) is 3.07. The van der Waals surface area contributed by atoms with Gasteiger partial charge in [0.1, 0.15) is 0 Å². The molecule has 0 amide bonds. The van der Waals surface area contributed by atoms with E-state index in [-0.39, 0.29) is 12.8 Å². The summed E-state index contributed by atoms with van der Waals surface area (Å²) >= 11 is 0. The summed E-state index contributed by atoms with van der Waals surface area (Å²) in [5.41, 5.74) is 0.358. The molecule has 0 aliphatic carbocycles. The maximum absolute atomic E-state index is 12.5. The van der Waals surface area contributed by atoms with E-state index in [1.165, 1.54) is 0 Å². The Kier molecular flexibility index (Phi) is 11.6. The van der Waals surface area contributed by atoms with Crippen molar-refractivity contribution in [2.75, 3.05) is 26.0 Å². The number of ether oxygens (including phenoxy) is 1. The molecule has 124 valence electrons. The van der Waals surface area contributed by atoms with Crippen LogP contribution in [-0.2, 0) is 23.1 Å². The molecule has 0 unspecified atom stereocenters. The highest BCUT2D eigenvalue weighted by Gasteiger charge is 2.24. The van der Waals surface area contributed by atoms with Crippen molar-refractivity contribution in [3.05, 3.63) is 12.2 Å². The van der Waals surface area contributed by atoms with Crippen molar-refractivity contribution in [2.24, 2.45) is 0 Å². The van der Waals surface area contributed by atoms with Crippen LogP contribution in [-0.4, -0.2) is 32.0 Å². The van der Waals surface area contributed by atoms with Gasteiger partial charge in [0, 0.05) is 5.57 Å². The average molecular weight is 320 g/mol. The lowest BCUT2D eigenvalue weighted by atomic mass is 10.4. The molecular formula is C15H29O5P. The van der Waals surface area contributed by atoms with E-state index in [0.717, 1.165) is 25.7 Å². The van der Waals surface area contributed by atoms with Gasteiger partial charge < -0.3 is 13.8 Å². The van der Waals surface area contributed by atoms with Crippen LogP contribution in [0.3, 0.4) is 0 Å². The van der Waals surface area contributed by atoms with E-state index in [0.29, 0.717) is 25.2 Å². The number of rotatable bonds is 13. The largest absolute Gasteiger partial charge is 0.462 e. The van der Waals surface area contributed by atoms with Crippen molar-refractivity contribution in [1.82, 2.24) is 0 Å². The normalized spacial score (nSPS) is 11.4. The lowest BCUT2D eigenvalue weighted by Crippen LogP contribution is -2.09. The molecule has 0 aliphatic rings. The van der Waals surface area contributed by atoms with Crippen LogP contribution < -0.4 is 0 Å². The Balaban J connectivity index is 4.16. The molecule has 0 bridgehead atoms. The van der Waals surface area contributed by atoms with Gasteiger partial charge in [0.2, 0.25) is 0 Å². The van der Waals surface area contributed by atoms with Crippen LogP contribution in [0.1, 0.15) is 52.9 Å². The Bertz CT molecular complexity index is 340. The zero-order chi connectivity index (χ0) is 16.1. The summed E-state index contributed by atoms with van der Waals surface area (Å²) in [6, 6.07) is 0. The standard InChI is InChI=1S/C15H29O5P/c1-5-7-11-19-21(17,20-12-8-6-2)13-9-10-18-15(16)14(3)4/h3,5-13H2,1-2,4H3. The van der Waals surface area contributed by atoms with Crippen LogP contribution in [0.4, 0.5) is 0 Å². The van der Waals surface area contributed by atoms with E-state index in [4.69, 9.17) is 13.8 Å². The quantitative estimate of drug-likeness (QED) is 0.219. The SMILES string of the molecule is C=C(C)C(=O)OCCCP(=O)(OCCCC)OCCCC. The molecule has 6 heteroatoms. The molecule has 0 atom stereocenters. The minimum Gasteiger partial charge on any atom is -0.462 e. The second kappa shape index (κ2) is 12.0. The monoisotopic (exact) mass is 320 g/mol. The Labute approximate surface area is 128 Å². The Morgan fingerprint density at radius 2 is 1.52 bits per heavy atom. The third-order valence-corrected chi connectivity index (χ3v) is 4.75. The maximum Gasteiger partial charge on any atom is 0.333 e. The third kappa shape index (κ3) is 10.7. The van der Waals surface area contributed by atoms with Gasteiger partial charge in [0.05, 0.1) is 26.0 Å². The van der Waals surface area contributed by atoms with Crippen LogP contribution >= 0.6 is 7.60 Å². The molecule has 0 rings (SSSR count). The highest BCUT2D eigenvalue weighted by Crippen LogP contribution is 2.49. The smallest absolute Gasteiger partial charge is 0.333 e. The van der Waals surface area contributed by atoms with E-state index in [2.05, 4.69) is 6.58 Å². The van der Waals surface area contributed by atoms with E-state index in [1.807, 2.05) is 13.8 Å². The number of carbonyl (C=O) groups excluding carboxylic acids is 1. The molecule has 0 aromatic rings. The average Bonchev–Trinajstić information content (AvgIpc) is 2.44. The summed E-state index contributed by atoms with van der Waals surface area (Å²) in [5.74, 6) is -0.427. The summed E-state index contributed by atoms with van der Waals surface area (Å²) in [5, 5.41) is 0. The van der Waals surface area contributed by atoms with Gasteiger partial charge in [-0.2, -0.15) is 0 Å². The number of hydrogen-bond acceptors (Lipinski definition) is 5. The molecule has 0 heterocycles. The van der Waals surface area contributed by atoms with Gasteiger partial charge in [-0.05, 0) is 26.2 Å². The van der Waals surface area contributed by atoms with Crippen LogP contribution in [0.25, 0.3) is 0 Å². The first-order valence-electron chi connectivity index (χ1n) is 7.66. The highest BCUT2D eigenvalue weighted by atomic mass is 31.2. The maximum atomic E-state index is 12.5. The van der Waals surface area contributed by atoms with E-state index in [9.17, 15) is 9.36 Å². The zero-order valence-electron chi connectivity index (χ0n) is 13.6. The fourth-order valence-electron chi connectivity index (χ4n) is 1.41. The summed E-state index contributed by atoms with van der Waals surface area (Å²) in [4.78, 5) is 11.2. The van der Waals surface area contributed by atoms with Gasteiger partial charge in [0.25, 0.3) is 0 Å². The van der Waals surface area contributed by atoms with Gasteiger partial charge in [-0.15, -0.1) is 0 Å². The Morgan fingerprint density at radius 3 is 1.95 bits per heavy atom. The van der Waals surface area contributed by atoms with Crippen LogP contribution in [0.5, 0.6) is 0 Å². The molecule has 0 saturated carbocycles. The van der Waals surface area contributed by atoms with Gasteiger partial charge in [-0.25, -0.2) is 4.79 Å². The molecule has 0 fully saturated rings. The van der Waals surface area contributed by atoms with Gasteiger partial charge in [0.15, 0.2) is 0 Å². The minimum absolute atomic E-state index is 0.198. The Hall–Kier alpha value is -0.640. The van der Waals surface area contributed by atoms with Gasteiger partial charge in [-0.3, -0.25) is 4.57 Å². The second-order valence-corrected chi connectivity index (χ2v) is 7.16. The zero-order valence-corrected chi connectivity index (χ0v) is 14.5. The molecule has 21 heavy (non-hydrogen) atoms. The van der Waals surface area contributed by atoms with E-state index in [1.54, 1.807) is 6.92 Å². The number of carbonyl (C=O) groups is 1. The lowest BCUT2D eigenvalue weighted by molar-refractivity contribution is -0.138. The number of unbranched alkanes of at least 4 members (excludes halogenated alkanes) is 2. The first kappa shape index (κ1) is 20.4. The van der Waals surface area contributed by atoms with Gasteiger partial charge >= 0.3 is 13.6 Å². The van der Waals surface area contributed by atoms with Crippen LogP contribution in [0.15, 0.2) is 12.2 Å². The van der Waals surface area contributed by atoms with Crippen LogP contribution in [0.2, 0.25) is 0 Å². The van der Waals surface area contributed by atoms with Crippen molar-refractivity contribution in [1.29, 1.82) is 0 Å². The van der Waals surface area contributed by atoms with Crippen molar-refractivity contribution in [2.45, 2.75) is 52.9 Å².